The van der Waals surface area contributed by atoms with Crippen molar-refractivity contribution >= 4 is 46.4 Å². The third-order valence-electron chi connectivity index (χ3n) is 3.89. The van der Waals surface area contributed by atoms with Crippen molar-refractivity contribution < 1.29 is 19.5 Å². The van der Waals surface area contributed by atoms with Crippen LogP contribution >= 0.6 is 11.8 Å². The SMILES string of the molecule is CC(=O)Nc1ccc(C2=C(SCCO)C(=O)N(c3ccccc3)C2=O)cc1. The Bertz CT molecular complexity index is 907. The fourth-order valence-electron chi connectivity index (χ4n) is 2.78. The molecule has 27 heavy (non-hydrogen) atoms. The van der Waals surface area contributed by atoms with E-state index in [0.29, 0.717) is 33.2 Å². The van der Waals surface area contributed by atoms with E-state index in [9.17, 15) is 14.4 Å². The number of benzene rings is 2. The minimum absolute atomic E-state index is 0.101. The van der Waals surface area contributed by atoms with Gasteiger partial charge in [-0.2, -0.15) is 0 Å². The maximum atomic E-state index is 13.1. The third-order valence-corrected chi connectivity index (χ3v) is 4.94. The molecule has 7 heteroatoms. The van der Waals surface area contributed by atoms with Crippen LogP contribution in [0.4, 0.5) is 11.4 Å². The summed E-state index contributed by atoms with van der Waals surface area (Å²) >= 11 is 1.16. The summed E-state index contributed by atoms with van der Waals surface area (Å²) in [5.74, 6) is -0.683. The number of aliphatic hydroxyl groups is 1. The minimum atomic E-state index is -0.404. The highest BCUT2D eigenvalue weighted by Gasteiger charge is 2.39. The number of hydrogen-bond acceptors (Lipinski definition) is 5. The molecule has 2 N–H and O–H groups in total. The van der Waals surface area contributed by atoms with Gasteiger partial charge in [0.25, 0.3) is 11.8 Å². The van der Waals surface area contributed by atoms with Crippen molar-refractivity contribution in [2.24, 2.45) is 0 Å². The van der Waals surface area contributed by atoms with Gasteiger partial charge in [0.2, 0.25) is 5.91 Å². The van der Waals surface area contributed by atoms with Gasteiger partial charge in [-0.15, -0.1) is 11.8 Å². The molecule has 2 aromatic carbocycles. The van der Waals surface area contributed by atoms with Crippen molar-refractivity contribution in [2.45, 2.75) is 6.92 Å². The van der Waals surface area contributed by atoms with Crippen molar-refractivity contribution in [1.29, 1.82) is 0 Å². The second-order valence-electron chi connectivity index (χ2n) is 5.82. The Morgan fingerprint density at radius 1 is 1.04 bits per heavy atom. The molecule has 1 aliphatic rings. The Morgan fingerprint density at radius 3 is 2.30 bits per heavy atom. The number of carbonyl (C=O) groups is 3. The molecule has 3 amide bonds. The van der Waals surface area contributed by atoms with E-state index in [1.165, 1.54) is 6.92 Å². The van der Waals surface area contributed by atoms with Crippen LogP contribution in [-0.4, -0.2) is 35.2 Å². The van der Waals surface area contributed by atoms with E-state index in [-0.39, 0.29) is 12.5 Å². The number of aliphatic hydroxyl groups excluding tert-OH is 1. The first kappa shape index (κ1) is 18.9. The number of rotatable bonds is 6. The van der Waals surface area contributed by atoms with Gasteiger partial charge in [-0.05, 0) is 29.8 Å². The lowest BCUT2D eigenvalue weighted by atomic mass is 10.1. The number of amides is 3. The highest BCUT2D eigenvalue weighted by Crippen LogP contribution is 2.38. The highest BCUT2D eigenvalue weighted by atomic mass is 32.2. The average Bonchev–Trinajstić information content (AvgIpc) is 2.91. The molecule has 2 aromatic rings. The van der Waals surface area contributed by atoms with E-state index in [0.717, 1.165) is 16.7 Å². The lowest BCUT2D eigenvalue weighted by Gasteiger charge is -2.15. The van der Waals surface area contributed by atoms with E-state index in [1.807, 2.05) is 6.07 Å². The number of nitrogens with one attached hydrogen (secondary N) is 1. The molecule has 0 bridgehead atoms. The summed E-state index contributed by atoms with van der Waals surface area (Å²) in [5.41, 5.74) is 1.99. The molecule has 3 rings (SSSR count). The summed E-state index contributed by atoms with van der Waals surface area (Å²) in [6.45, 7) is 1.31. The first-order chi connectivity index (χ1) is 13.0. The van der Waals surface area contributed by atoms with Crippen LogP contribution < -0.4 is 10.2 Å². The van der Waals surface area contributed by atoms with Crippen LogP contribution in [0.5, 0.6) is 0 Å². The molecule has 0 saturated heterocycles. The molecule has 1 aliphatic heterocycles. The monoisotopic (exact) mass is 382 g/mol. The molecule has 0 radical (unpaired) electrons. The van der Waals surface area contributed by atoms with Gasteiger partial charge >= 0.3 is 0 Å². The minimum Gasteiger partial charge on any atom is -0.396 e. The molecule has 0 fully saturated rings. The van der Waals surface area contributed by atoms with Gasteiger partial charge in [0.1, 0.15) is 0 Å². The maximum absolute atomic E-state index is 13.1. The molecular formula is C20H18N2O4S. The van der Waals surface area contributed by atoms with Gasteiger partial charge in [-0.25, -0.2) is 4.90 Å². The highest BCUT2D eigenvalue weighted by molar-refractivity contribution is 8.04. The van der Waals surface area contributed by atoms with Gasteiger partial charge in [0.15, 0.2) is 0 Å². The zero-order valence-electron chi connectivity index (χ0n) is 14.6. The van der Waals surface area contributed by atoms with Crippen LogP contribution in [0.15, 0.2) is 59.5 Å². The summed E-state index contributed by atoms with van der Waals surface area (Å²) in [6, 6.07) is 15.5. The van der Waals surface area contributed by atoms with Crippen molar-refractivity contribution in [3.05, 3.63) is 65.1 Å². The first-order valence-corrected chi connectivity index (χ1v) is 9.31. The standard InChI is InChI=1S/C20H18N2O4S/c1-13(24)21-15-9-7-14(8-10-15)17-18(27-12-11-23)20(26)22(19(17)25)16-5-3-2-4-6-16/h2-10,23H,11-12H2,1H3,(H,21,24). The third kappa shape index (κ3) is 3.94. The fourth-order valence-corrected chi connectivity index (χ4v) is 3.64. The van der Waals surface area contributed by atoms with E-state index < -0.39 is 11.8 Å². The van der Waals surface area contributed by atoms with Gasteiger partial charge < -0.3 is 10.4 Å². The zero-order chi connectivity index (χ0) is 19.4. The molecule has 0 aromatic heterocycles. The van der Waals surface area contributed by atoms with Crippen LogP contribution in [0.1, 0.15) is 12.5 Å². The molecule has 0 spiro atoms. The van der Waals surface area contributed by atoms with Crippen LogP contribution in [0.2, 0.25) is 0 Å². The smallest absolute Gasteiger partial charge is 0.272 e. The first-order valence-electron chi connectivity index (χ1n) is 8.32. The Kier molecular flexibility index (Phi) is 5.73. The molecule has 0 atom stereocenters. The number of nitrogens with zero attached hydrogens (tertiary/aromatic N) is 1. The molecule has 0 saturated carbocycles. The van der Waals surface area contributed by atoms with Gasteiger partial charge in [-0.1, -0.05) is 30.3 Å². The summed E-state index contributed by atoms with van der Waals surface area (Å²) in [5, 5.41) is 11.8. The predicted octanol–water partition coefficient (Wildman–Crippen LogP) is 2.66. The zero-order valence-corrected chi connectivity index (χ0v) is 15.5. The van der Waals surface area contributed by atoms with Crippen molar-refractivity contribution in [3.63, 3.8) is 0 Å². The topological polar surface area (TPSA) is 86.7 Å². The Hall–Kier alpha value is -2.90. The van der Waals surface area contributed by atoms with Crippen LogP contribution in [0, 0.1) is 0 Å². The summed E-state index contributed by atoms with van der Waals surface area (Å²) in [6.07, 6.45) is 0. The van der Waals surface area contributed by atoms with Gasteiger partial charge in [-0.3, -0.25) is 14.4 Å². The number of thioether (sulfide) groups is 1. The lowest BCUT2D eigenvalue weighted by molar-refractivity contribution is -0.120. The number of anilines is 2. The molecule has 1 heterocycles. The molecule has 138 valence electrons. The summed E-state index contributed by atoms with van der Waals surface area (Å²) in [7, 11) is 0. The Morgan fingerprint density at radius 2 is 1.70 bits per heavy atom. The van der Waals surface area contributed by atoms with Gasteiger partial charge in [0, 0.05) is 18.4 Å². The van der Waals surface area contributed by atoms with Gasteiger partial charge in [0.05, 0.1) is 22.8 Å². The predicted molar refractivity (Wildman–Crippen MR) is 106 cm³/mol. The number of para-hydroxylation sites is 1. The Balaban J connectivity index is 2.00. The van der Waals surface area contributed by atoms with Crippen LogP contribution in [0.3, 0.4) is 0 Å². The summed E-state index contributed by atoms with van der Waals surface area (Å²) in [4.78, 5) is 38.6. The average molecular weight is 382 g/mol. The van der Waals surface area contributed by atoms with Crippen LogP contribution in [0.25, 0.3) is 5.57 Å². The van der Waals surface area contributed by atoms with Crippen LogP contribution in [-0.2, 0) is 14.4 Å². The van der Waals surface area contributed by atoms with E-state index in [1.54, 1.807) is 48.5 Å². The summed E-state index contributed by atoms with van der Waals surface area (Å²) < 4.78 is 0. The van der Waals surface area contributed by atoms with E-state index in [2.05, 4.69) is 5.32 Å². The molecule has 0 unspecified atom stereocenters. The molecule has 6 nitrogen and oxygen atoms in total. The van der Waals surface area contributed by atoms with Crippen molar-refractivity contribution in [2.75, 3.05) is 22.6 Å². The second-order valence-corrected chi connectivity index (χ2v) is 6.92. The van der Waals surface area contributed by atoms with E-state index >= 15 is 0 Å². The second kappa shape index (κ2) is 8.20. The fraction of sp³-hybridized carbons (Fsp3) is 0.150. The number of imide groups is 1. The normalized spacial score (nSPS) is 14.1. The van der Waals surface area contributed by atoms with Crippen molar-refractivity contribution in [3.8, 4) is 0 Å². The number of carbonyl (C=O) groups excluding carboxylic acids is 3. The van der Waals surface area contributed by atoms with Crippen molar-refractivity contribution in [1.82, 2.24) is 0 Å². The largest absolute Gasteiger partial charge is 0.396 e. The molecule has 0 aliphatic carbocycles. The molecular weight excluding hydrogens is 364 g/mol. The lowest BCUT2D eigenvalue weighted by Crippen LogP contribution is -2.31. The van der Waals surface area contributed by atoms with E-state index in [4.69, 9.17) is 5.11 Å². The maximum Gasteiger partial charge on any atom is 0.272 e. The number of hydrogen-bond donors (Lipinski definition) is 2. The quantitative estimate of drug-likeness (QED) is 0.750. The Labute approximate surface area is 160 Å².